The second-order valence-electron chi connectivity index (χ2n) is 5.24. The van der Waals surface area contributed by atoms with Crippen molar-refractivity contribution in [2.75, 3.05) is 15.8 Å². The van der Waals surface area contributed by atoms with Crippen LogP contribution in [0.1, 0.15) is 18.9 Å². The minimum absolute atomic E-state index is 0.0241. The number of hydrogen-bond acceptors (Lipinski definition) is 3. The molecule has 0 atom stereocenters. The normalized spacial score (nSPS) is 11.0. The summed E-state index contributed by atoms with van der Waals surface area (Å²) in [6.07, 6.45) is 1.23. The smallest absolute Gasteiger partial charge is 0.232 e. The van der Waals surface area contributed by atoms with Crippen molar-refractivity contribution in [3.63, 3.8) is 0 Å². The third-order valence-corrected chi connectivity index (χ3v) is 4.58. The number of sulfonamides is 1. The van der Waals surface area contributed by atoms with Gasteiger partial charge in [-0.2, -0.15) is 0 Å². The average molecular weight is 332 g/mol. The summed E-state index contributed by atoms with van der Waals surface area (Å²) in [6.45, 7) is 1.38. The van der Waals surface area contributed by atoms with Gasteiger partial charge in [0.1, 0.15) is 0 Å². The van der Waals surface area contributed by atoms with Gasteiger partial charge in [-0.05, 0) is 30.5 Å². The van der Waals surface area contributed by atoms with Gasteiger partial charge in [0.2, 0.25) is 15.9 Å². The summed E-state index contributed by atoms with van der Waals surface area (Å²) in [5.74, 6) is -0.225. The number of carbonyl (C=O) groups excluding carboxylic acids is 1. The molecule has 0 aliphatic carbocycles. The summed E-state index contributed by atoms with van der Waals surface area (Å²) in [7, 11) is -3.46. The number of para-hydroxylation sites is 2. The van der Waals surface area contributed by atoms with E-state index in [1.54, 1.807) is 24.3 Å². The minimum atomic E-state index is -3.46. The number of amides is 1. The largest absolute Gasteiger partial charge is 0.325 e. The fraction of sp³-hybridized carbons (Fsp3) is 0.235. The number of benzene rings is 2. The molecular weight excluding hydrogens is 312 g/mol. The molecule has 0 saturated heterocycles. The van der Waals surface area contributed by atoms with Crippen LogP contribution >= 0.6 is 0 Å². The van der Waals surface area contributed by atoms with Gasteiger partial charge >= 0.3 is 0 Å². The van der Waals surface area contributed by atoms with Crippen LogP contribution in [-0.4, -0.2) is 20.1 Å². The number of nitrogens with one attached hydrogen (secondary N) is 2. The molecule has 0 unspecified atom stereocenters. The van der Waals surface area contributed by atoms with Crippen molar-refractivity contribution < 1.29 is 13.2 Å². The van der Waals surface area contributed by atoms with E-state index >= 15 is 0 Å². The number of hydrogen-bond donors (Lipinski definition) is 2. The fourth-order valence-corrected chi connectivity index (χ4v) is 3.34. The molecule has 122 valence electrons. The lowest BCUT2D eigenvalue weighted by Gasteiger charge is -2.12. The molecule has 0 saturated carbocycles. The van der Waals surface area contributed by atoms with E-state index < -0.39 is 10.0 Å². The van der Waals surface area contributed by atoms with Crippen LogP contribution in [0.3, 0.4) is 0 Å². The second kappa shape index (κ2) is 7.78. The van der Waals surface area contributed by atoms with Crippen LogP contribution in [0.2, 0.25) is 0 Å². The van der Waals surface area contributed by atoms with Gasteiger partial charge in [0, 0.05) is 6.92 Å². The Morgan fingerprint density at radius 3 is 2.22 bits per heavy atom. The van der Waals surface area contributed by atoms with Crippen LogP contribution in [0.15, 0.2) is 54.6 Å². The van der Waals surface area contributed by atoms with Crippen LogP contribution in [-0.2, 0) is 21.2 Å². The van der Waals surface area contributed by atoms with Gasteiger partial charge in [-0.15, -0.1) is 0 Å². The Hall–Kier alpha value is -2.34. The first-order valence-corrected chi connectivity index (χ1v) is 9.02. The van der Waals surface area contributed by atoms with E-state index in [1.165, 1.54) is 6.92 Å². The predicted octanol–water partition coefficient (Wildman–Crippen LogP) is 3.02. The molecule has 2 aromatic rings. The Morgan fingerprint density at radius 1 is 0.957 bits per heavy atom. The predicted molar refractivity (Wildman–Crippen MR) is 92.9 cm³/mol. The molecule has 1 amide bonds. The Bertz CT molecular complexity index is 758. The van der Waals surface area contributed by atoms with Crippen LogP contribution in [0, 0.1) is 0 Å². The molecule has 5 nitrogen and oxygen atoms in total. The topological polar surface area (TPSA) is 75.3 Å². The molecule has 0 aromatic heterocycles. The van der Waals surface area contributed by atoms with Crippen molar-refractivity contribution in [2.45, 2.75) is 19.8 Å². The summed E-state index contributed by atoms with van der Waals surface area (Å²) in [6, 6.07) is 16.5. The maximum Gasteiger partial charge on any atom is 0.232 e. The van der Waals surface area contributed by atoms with Gasteiger partial charge in [0.05, 0.1) is 17.1 Å². The lowest BCUT2D eigenvalue weighted by Crippen LogP contribution is -2.19. The number of aryl methyl sites for hydroxylation is 1. The fourth-order valence-electron chi connectivity index (χ4n) is 2.20. The molecule has 6 heteroatoms. The zero-order chi connectivity index (χ0) is 16.7. The molecule has 0 aliphatic rings. The van der Waals surface area contributed by atoms with Gasteiger partial charge in [-0.25, -0.2) is 8.42 Å². The Morgan fingerprint density at radius 2 is 1.57 bits per heavy atom. The molecule has 23 heavy (non-hydrogen) atoms. The minimum Gasteiger partial charge on any atom is -0.325 e. The number of anilines is 2. The highest BCUT2D eigenvalue weighted by Gasteiger charge is 2.13. The highest BCUT2D eigenvalue weighted by Crippen LogP contribution is 2.22. The van der Waals surface area contributed by atoms with Crippen molar-refractivity contribution in [3.8, 4) is 0 Å². The van der Waals surface area contributed by atoms with Crippen LogP contribution < -0.4 is 10.0 Å². The van der Waals surface area contributed by atoms with E-state index in [-0.39, 0.29) is 11.7 Å². The zero-order valence-corrected chi connectivity index (χ0v) is 13.8. The summed E-state index contributed by atoms with van der Waals surface area (Å²) < 4.78 is 26.9. The van der Waals surface area contributed by atoms with Crippen LogP contribution in [0.5, 0.6) is 0 Å². The van der Waals surface area contributed by atoms with Crippen molar-refractivity contribution in [2.24, 2.45) is 0 Å². The molecule has 0 heterocycles. The molecule has 2 aromatic carbocycles. The molecule has 0 radical (unpaired) electrons. The van der Waals surface area contributed by atoms with E-state index in [9.17, 15) is 13.2 Å². The SMILES string of the molecule is CC(=O)Nc1ccccc1NS(=O)(=O)CCCc1ccccc1. The summed E-state index contributed by atoms with van der Waals surface area (Å²) in [5, 5.41) is 2.61. The number of rotatable bonds is 7. The van der Waals surface area contributed by atoms with E-state index in [4.69, 9.17) is 0 Å². The first-order chi connectivity index (χ1) is 11.0. The van der Waals surface area contributed by atoms with Gasteiger partial charge < -0.3 is 5.32 Å². The molecule has 0 spiro atoms. The third-order valence-electron chi connectivity index (χ3n) is 3.22. The monoisotopic (exact) mass is 332 g/mol. The Kier molecular flexibility index (Phi) is 5.76. The summed E-state index contributed by atoms with van der Waals surface area (Å²) in [4.78, 5) is 11.2. The Labute approximate surface area is 136 Å². The molecule has 0 bridgehead atoms. The van der Waals surface area contributed by atoms with Gasteiger partial charge in [-0.3, -0.25) is 9.52 Å². The van der Waals surface area contributed by atoms with Gasteiger partial charge in [0.15, 0.2) is 0 Å². The highest BCUT2D eigenvalue weighted by molar-refractivity contribution is 7.92. The van der Waals surface area contributed by atoms with E-state index in [1.807, 2.05) is 30.3 Å². The second-order valence-corrected chi connectivity index (χ2v) is 7.08. The van der Waals surface area contributed by atoms with Gasteiger partial charge in [0.25, 0.3) is 0 Å². The van der Waals surface area contributed by atoms with Crippen LogP contribution in [0.25, 0.3) is 0 Å². The first kappa shape index (κ1) is 17.0. The molecular formula is C17H20N2O3S. The zero-order valence-electron chi connectivity index (χ0n) is 13.0. The average Bonchev–Trinajstić information content (AvgIpc) is 2.49. The van der Waals surface area contributed by atoms with Crippen molar-refractivity contribution in [3.05, 3.63) is 60.2 Å². The van der Waals surface area contributed by atoms with Gasteiger partial charge in [-0.1, -0.05) is 42.5 Å². The summed E-state index contributed by atoms with van der Waals surface area (Å²) in [5.41, 5.74) is 1.94. The van der Waals surface area contributed by atoms with E-state index in [2.05, 4.69) is 10.0 Å². The summed E-state index contributed by atoms with van der Waals surface area (Å²) >= 11 is 0. The lowest BCUT2D eigenvalue weighted by molar-refractivity contribution is -0.114. The first-order valence-electron chi connectivity index (χ1n) is 7.37. The van der Waals surface area contributed by atoms with E-state index in [0.29, 0.717) is 24.2 Å². The van der Waals surface area contributed by atoms with Crippen molar-refractivity contribution in [1.82, 2.24) is 0 Å². The standard InChI is InChI=1S/C17H20N2O3S/c1-14(20)18-16-11-5-6-12-17(16)19-23(21,22)13-7-10-15-8-3-2-4-9-15/h2-6,8-9,11-12,19H,7,10,13H2,1H3,(H,18,20). The highest BCUT2D eigenvalue weighted by atomic mass is 32.2. The van der Waals surface area contributed by atoms with Crippen LogP contribution in [0.4, 0.5) is 11.4 Å². The quantitative estimate of drug-likeness (QED) is 0.818. The maximum atomic E-state index is 12.2. The maximum absolute atomic E-state index is 12.2. The number of carbonyl (C=O) groups is 1. The molecule has 0 aliphatic heterocycles. The third kappa shape index (κ3) is 5.75. The van der Waals surface area contributed by atoms with E-state index in [0.717, 1.165) is 5.56 Å². The molecule has 0 fully saturated rings. The lowest BCUT2D eigenvalue weighted by atomic mass is 10.1. The Balaban J connectivity index is 1.97. The molecule has 2 N–H and O–H groups in total. The van der Waals surface area contributed by atoms with Crippen molar-refractivity contribution in [1.29, 1.82) is 0 Å². The van der Waals surface area contributed by atoms with Crippen molar-refractivity contribution >= 4 is 27.3 Å². The molecule has 2 rings (SSSR count).